The molecule has 1 aromatic carbocycles. The maximum atomic E-state index is 5.66. The van der Waals surface area contributed by atoms with E-state index in [-0.39, 0.29) is 0 Å². The van der Waals surface area contributed by atoms with Gasteiger partial charge in [-0.25, -0.2) is 0 Å². The van der Waals surface area contributed by atoms with Crippen molar-refractivity contribution in [3.63, 3.8) is 0 Å². The molecule has 2 rings (SSSR count). The number of imidazole rings is 1. The Morgan fingerprint density at radius 2 is 2.21 bits per heavy atom. The summed E-state index contributed by atoms with van der Waals surface area (Å²) in [5.41, 5.74) is 2.14. The molecule has 0 aliphatic rings. The van der Waals surface area contributed by atoms with Gasteiger partial charge in [0.1, 0.15) is 11.3 Å². The van der Waals surface area contributed by atoms with E-state index in [1.54, 1.807) is 0 Å². The second-order valence-corrected chi connectivity index (χ2v) is 5.70. The predicted octanol–water partition coefficient (Wildman–Crippen LogP) is 4.41. The smallest absolute Gasteiger partial charge is 0.178 e. The van der Waals surface area contributed by atoms with Crippen LogP contribution in [0.15, 0.2) is 18.2 Å². The van der Waals surface area contributed by atoms with Crippen molar-refractivity contribution in [2.75, 3.05) is 18.6 Å². The molecule has 0 fully saturated rings. The number of thioether (sulfide) groups is 1. The van der Waals surface area contributed by atoms with Crippen molar-refractivity contribution >= 4 is 35.0 Å². The van der Waals surface area contributed by atoms with E-state index in [0.29, 0.717) is 12.6 Å². The largest absolute Gasteiger partial charge is 0.492 e. The molecule has 5 heteroatoms. The van der Waals surface area contributed by atoms with Crippen molar-refractivity contribution in [1.29, 1.82) is 0 Å². The highest BCUT2D eigenvalue weighted by Crippen LogP contribution is 2.29. The Morgan fingerprint density at radius 1 is 1.42 bits per heavy atom. The Hall–Kier alpha value is -0.940. The Labute approximate surface area is 123 Å². The lowest BCUT2D eigenvalue weighted by Crippen LogP contribution is -2.10. The van der Waals surface area contributed by atoms with Crippen LogP contribution in [-0.4, -0.2) is 28.2 Å². The number of ether oxygens (including phenoxy) is 1. The molecule has 0 saturated heterocycles. The molecule has 1 heterocycles. The quantitative estimate of drug-likeness (QED) is 0.801. The summed E-state index contributed by atoms with van der Waals surface area (Å²) in [6.45, 7) is 4.85. The van der Waals surface area contributed by atoms with E-state index in [4.69, 9.17) is 17.0 Å². The highest BCUT2D eigenvalue weighted by molar-refractivity contribution is 7.98. The maximum Gasteiger partial charge on any atom is 0.178 e. The first-order valence-corrected chi connectivity index (χ1v) is 8.38. The maximum absolute atomic E-state index is 5.66. The van der Waals surface area contributed by atoms with Crippen LogP contribution in [0.3, 0.4) is 0 Å². The van der Waals surface area contributed by atoms with Crippen molar-refractivity contribution in [2.24, 2.45) is 0 Å². The SMILES string of the molecule is CCOc1cccc2c1[nH]c(=S)n2C(CC)CSC. The standard InChI is InChI=1S/C14H20N2OS2/c1-4-10(9-19-3)16-11-7-6-8-12(17-5-2)13(11)15-14(16)18/h6-8,10H,4-5,9H2,1-3H3,(H,15,18). The van der Waals surface area contributed by atoms with Gasteiger partial charge in [-0.1, -0.05) is 13.0 Å². The monoisotopic (exact) mass is 296 g/mol. The molecule has 1 N–H and O–H groups in total. The number of aromatic nitrogens is 2. The number of para-hydroxylation sites is 1. The zero-order valence-corrected chi connectivity index (χ0v) is 13.2. The van der Waals surface area contributed by atoms with Crippen LogP contribution in [-0.2, 0) is 0 Å². The summed E-state index contributed by atoms with van der Waals surface area (Å²) < 4.78 is 8.67. The molecule has 1 atom stereocenters. The molecule has 0 bridgehead atoms. The zero-order chi connectivity index (χ0) is 13.8. The summed E-state index contributed by atoms with van der Waals surface area (Å²) in [5.74, 6) is 1.94. The molecular formula is C14H20N2OS2. The Bertz CT molecular complexity index is 603. The summed E-state index contributed by atoms with van der Waals surface area (Å²) in [6.07, 6.45) is 3.20. The van der Waals surface area contributed by atoms with Gasteiger partial charge in [-0.3, -0.25) is 0 Å². The first kappa shape index (κ1) is 14.5. The second-order valence-electron chi connectivity index (χ2n) is 4.40. The number of aromatic amines is 1. The minimum absolute atomic E-state index is 0.424. The molecule has 1 aromatic heterocycles. The molecule has 1 unspecified atom stereocenters. The van der Waals surface area contributed by atoms with Gasteiger partial charge in [0.2, 0.25) is 0 Å². The van der Waals surface area contributed by atoms with Gasteiger partial charge >= 0.3 is 0 Å². The fourth-order valence-corrected chi connectivity index (χ4v) is 3.45. The second kappa shape index (κ2) is 6.48. The molecule has 0 spiro atoms. The van der Waals surface area contributed by atoms with Gasteiger partial charge < -0.3 is 14.3 Å². The van der Waals surface area contributed by atoms with Gasteiger partial charge in [-0.2, -0.15) is 11.8 Å². The number of H-pyrrole nitrogens is 1. The average Bonchev–Trinajstić information content (AvgIpc) is 2.74. The minimum Gasteiger partial charge on any atom is -0.492 e. The summed E-state index contributed by atoms with van der Waals surface area (Å²) in [7, 11) is 0. The van der Waals surface area contributed by atoms with Gasteiger partial charge in [0.05, 0.1) is 12.1 Å². The van der Waals surface area contributed by atoms with E-state index >= 15 is 0 Å². The molecule has 0 amide bonds. The van der Waals surface area contributed by atoms with Crippen molar-refractivity contribution in [1.82, 2.24) is 9.55 Å². The average molecular weight is 296 g/mol. The predicted molar refractivity (Wildman–Crippen MR) is 86.0 cm³/mol. The summed E-state index contributed by atoms with van der Waals surface area (Å²) in [4.78, 5) is 3.30. The van der Waals surface area contributed by atoms with Crippen LogP contribution >= 0.6 is 24.0 Å². The zero-order valence-electron chi connectivity index (χ0n) is 11.6. The van der Waals surface area contributed by atoms with Gasteiger partial charge in [0, 0.05) is 11.8 Å². The van der Waals surface area contributed by atoms with Crippen LogP contribution in [0.25, 0.3) is 11.0 Å². The molecule has 104 valence electrons. The topological polar surface area (TPSA) is 29.9 Å². The lowest BCUT2D eigenvalue weighted by Gasteiger charge is -2.16. The highest BCUT2D eigenvalue weighted by atomic mass is 32.2. The van der Waals surface area contributed by atoms with Crippen molar-refractivity contribution < 1.29 is 4.74 Å². The summed E-state index contributed by atoms with van der Waals surface area (Å²) >= 11 is 7.35. The molecule has 19 heavy (non-hydrogen) atoms. The van der Waals surface area contributed by atoms with Gasteiger partial charge in [0.25, 0.3) is 0 Å². The van der Waals surface area contributed by atoms with E-state index in [1.165, 1.54) is 0 Å². The van der Waals surface area contributed by atoms with Crippen molar-refractivity contribution in [2.45, 2.75) is 26.3 Å². The number of rotatable bonds is 6. The van der Waals surface area contributed by atoms with E-state index in [0.717, 1.165) is 33.7 Å². The number of fused-ring (bicyclic) bond motifs is 1. The molecule has 0 aliphatic carbocycles. The van der Waals surface area contributed by atoms with E-state index in [2.05, 4.69) is 28.8 Å². The number of nitrogens with one attached hydrogen (secondary N) is 1. The van der Waals surface area contributed by atoms with Crippen LogP contribution in [0.5, 0.6) is 5.75 Å². The first-order valence-electron chi connectivity index (χ1n) is 6.57. The van der Waals surface area contributed by atoms with Crippen LogP contribution in [0.1, 0.15) is 26.3 Å². The van der Waals surface area contributed by atoms with Gasteiger partial charge in [-0.15, -0.1) is 0 Å². The van der Waals surface area contributed by atoms with Crippen LogP contribution < -0.4 is 4.74 Å². The molecule has 0 aliphatic heterocycles. The number of benzene rings is 1. The number of nitrogens with zero attached hydrogens (tertiary/aromatic N) is 1. The van der Waals surface area contributed by atoms with E-state index < -0.39 is 0 Å². The molecule has 0 saturated carbocycles. The fraction of sp³-hybridized carbons (Fsp3) is 0.500. The van der Waals surface area contributed by atoms with Gasteiger partial charge in [-0.05, 0) is 44.0 Å². The molecule has 0 radical (unpaired) electrons. The van der Waals surface area contributed by atoms with Gasteiger partial charge in [0.15, 0.2) is 4.77 Å². The molecule has 2 aromatic rings. The van der Waals surface area contributed by atoms with Crippen molar-refractivity contribution in [3.05, 3.63) is 23.0 Å². The van der Waals surface area contributed by atoms with Crippen LogP contribution in [0.2, 0.25) is 0 Å². The van der Waals surface area contributed by atoms with Crippen molar-refractivity contribution in [3.8, 4) is 5.75 Å². The normalized spacial score (nSPS) is 12.8. The number of hydrogen-bond donors (Lipinski definition) is 1. The van der Waals surface area contributed by atoms with E-state index in [9.17, 15) is 0 Å². The molecular weight excluding hydrogens is 276 g/mol. The number of hydrogen-bond acceptors (Lipinski definition) is 3. The third-order valence-corrected chi connectivity index (χ3v) is 4.23. The molecule has 3 nitrogen and oxygen atoms in total. The first-order chi connectivity index (χ1) is 9.22. The summed E-state index contributed by atoms with van der Waals surface area (Å²) in [6, 6.07) is 6.54. The van der Waals surface area contributed by atoms with E-state index in [1.807, 2.05) is 30.8 Å². The Balaban J connectivity index is 2.58. The highest BCUT2D eigenvalue weighted by Gasteiger charge is 2.15. The Kier molecular flexibility index (Phi) is 4.93. The van der Waals surface area contributed by atoms with Crippen LogP contribution in [0.4, 0.5) is 0 Å². The fourth-order valence-electron chi connectivity index (χ4n) is 2.33. The minimum atomic E-state index is 0.424. The van der Waals surface area contributed by atoms with Crippen LogP contribution in [0, 0.1) is 4.77 Å². The third-order valence-electron chi connectivity index (χ3n) is 3.21. The Morgan fingerprint density at radius 3 is 2.84 bits per heavy atom. The lowest BCUT2D eigenvalue weighted by molar-refractivity contribution is 0.343. The summed E-state index contributed by atoms with van der Waals surface area (Å²) in [5, 5.41) is 0. The third kappa shape index (κ3) is 2.82. The lowest BCUT2D eigenvalue weighted by atomic mass is 10.2.